The number of carbonyl (C=O) groups is 1. The number of aromatic nitrogens is 2. The van der Waals surface area contributed by atoms with Crippen molar-refractivity contribution in [1.29, 1.82) is 0 Å². The predicted molar refractivity (Wildman–Crippen MR) is 111 cm³/mol. The molecule has 7 heteroatoms. The van der Waals surface area contributed by atoms with Gasteiger partial charge in [-0.15, -0.1) is 0 Å². The van der Waals surface area contributed by atoms with Crippen LogP contribution in [-0.2, 0) is 17.8 Å². The Morgan fingerprint density at radius 1 is 1.03 bits per heavy atom. The molecule has 0 atom stereocenters. The molecule has 0 aliphatic carbocycles. The summed E-state index contributed by atoms with van der Waals surface area (Å²) in [5.41, 5.74) is 1.44. The van der Waals surface area contributed by atoms with Crippen molar-refractivity contribution in [3.8, 4) is 11.6 Å². The van der Waals surface area contributed by atoms with Crippen molar-refractivity contribution in [2.45, 2.75) is 13.0 Å². The number of aromatic amines is 1. The molecule has 2 N–H and O–H groups in total. The van der Waals surface area contributed by atoms with Gasteiger partial charge < -0.3 is 15.0 Å². The van der Waals surface area contributed by atoms with E-state index in [0.29, 0.717) is 16.9 Å². The summed E-state index contributed by atoms with van der Waals surface area (Å²) in [5, 5.41) is 3.63. The lowest BCUT2D eigenvalue weighted by Crippen LogP contribution is -2.27. The summed E-state index contributed by atoms with van der Waals surface area (Å²) in [6, 6.07) is 18.3. The lowest BCUT2D eigenvalue weighted by atomic mass is 10.1. The minimum atomic E-state index is -0.418. The maximum atomic E-state index is 13.4. The Bertz CT molecular complexity index is 1270. The highest BCUT2D eigenvalue weighted by molar-refractivity contribution is 5.82. The molecule has 4 rings (SSSR count). The van der Waals surface area contributed by atoms with Crippen molar-refractivity contribution < 1.29 is 13.9 Å². The first-order valence-electron chi connectivity index (χ1n) is 9.33. The first-order valence-corrected chi connectivity index (χ1v) is 9.33. The van der Waals surface area contributed by atoms with Crippen LogP contribution >= 0.6 is 0 Å². The molecule has 2 aromatic heterocycles. The molecule has 0 saturated carbocycles. The standard InChI is InChI=1S/C23H18FN3O3/c24-18-7-3-8-19(13-18)30-23-16(6-4-10-25-23)14-26-21(28)12-17-11-15-5-1-2-9-20(15)27-22(17)29/h1-11,13H,12,14H2,(H,26,28)(H,27,29). The Hall–Kier alpha value is -4.00. The molecule has 0 bridgehead atoms. The molecule has 0 unspecified atom stereocenters. The molecule has 0 saturated heterocycles. The number of H-pyrrole nitrogens is 1. The van der Waals surface area contributed by atoms with Crippen LogP contribution in [-0.4, -0.2) is 15.9 Å². The van der Waals surface area contributed by atoms with Gasteiger partial charge in [0.25, 0.3) is 5.56 Å². The Kier molecular flexibility index (Phi) is 5.52. The number of fused-ring (bicyclic) bond motifs is 1. The van der Waals surface area contributed by atoms with Gasteiger partial charge in [-0.3, -0.25) is 9.59 Å². The summed E-state index contributed by atoms with van der Waals surface area (Å²) in [4.78, 5) is 31.6. The van der Waals surface area contributed by atoms with Crippen LogP contribution in [0.15, 0.2) is 77.7 Å². The van der Waals surface area contributed by atoms with Gasteiger partial charge >= 0.3 is 0 Å². The van der Waals surface area contributed by atoms with Gasteiger partial charge in [-0.2, -0.15) is 0 Å². The van der Waals surface area contributed by atoms with E-state index in [1.54, 1.807) is 30.5 Å². The second-order valence-corrected chi connectivity index (χ2v) is 6.69. The molecular formula is C23H18FN3O3. The number of hydrogen-bond donors (Lipinski definition) is 2. The third-order valence-electron chi connectivity index (χ3n) is 4.52. The number of amides is 1. The van der Waals surface area contributed by atoms with Gasteiger partial charge in [0, 0.05) is 35.5 Å². The Morgan fingerprint density at radius 2 is 1.90 bits per heavy atom. The van der Waals surface area contributed by atoms with Crippen molar-refractivity contribution in [2.75, 3.05) is 0 Å². The van der Waals surface area contributed by atoms with Crippen molar-refractivity contribution in [1.82, 2.24) is 15.3 Å². The molecule has 0 spiro atoms. The molecule has 0 fully saturated rings. The number of halogens is 1. The Morgan fingerprint density at radius 3 is 2.77 bits per heavy atom. The van der Waals surface area contributed by atoms with E-state index < -0.39 is 5.82 Å². The minimum absolute atomic E-state index is 0.0550. The number of carbonyl (C=O) groups excluding carboxylic acids is 1. The zero-order valence-corrected chi connectivity index (χ0v) is 15.9. The summed E-state index contributed by atoms with van der Waals surface area (Å²) in [6.45, 7) is 0.156. The smallest absolute Gasteiger partial charge is 0.252 e. The Balaban J connectivity index is 1.44. The van der Waals surface area contributed by atoms with Crippen LogP contribution in [0.3, 0.4) is 0 Å². The van der Waals surface area contributed by atoms with Gasteiger partial charge in [-0.05, 0) is 35.7 Å². The summed E-state index contributed by atoms with van der Waals surface area (Å²) >= 11 is 0. The number of ether oxygens (including phenoxy) is 1. The molecule has 30 heavy (non-hydrogen) atoms. The quantitative estimate of drug-likeness (QED) is 0.514. The summed E-state index contributed by atoms with van der Waals surface area (Å²) in [5.74, 6) is -0.147. The van der Waals surface area contributed by atoms with Gasteiger partial charge in [0.1, 0.15) is 11.6 Å². The number of nitrogens with zero attached hydrogens (tertiary/aromatic N) is 1. The molecule has 0 aliphatic rings. The number of pyridine rings is 2. The Labute approximate surface area is 171 Å². The summed E-state index contributed by atoms with van der Waals surface area (Å²) in [6.07, 6.45) is 1.50. The summed E-state index contributed by atoms with van der Waals surface area (Å²) in [7, 11) is 0. The fraction of sp³-hybridized carbons (Fsp3) is 0.0870. The van der Waals surface area contributed by atoms with E-state index in [2.05, 4.69) is 15.3 Å². The number of rotatable bonds is 6. The van der Waals surface area contributed by atoms with Crippen molar-refractivity contribution in [3.05, 3.63) is 100 Å². The SMILES string of the molecule is O=C(Cc1cc2ccccc2[nH]c1=O)NCc1cccnc1Oc1cccc(F)c1. The van der Waals surface area contributed by atoms with Crippen LogP contribution in [0.4, 0.5) is 4.39 Å². The predicted octanol–water partition coefficient (Wildman–Crippen LogP) is 3.71. The van der Waals surface area contributed by atoms with Crippen LogP contribution in [0, 0.1) is 5.82 Å². The molecule has 2 aromatic carbocycles. The molecule has 1 amide bonds. The molecule has 6 nitrogen and oxygen atoms in total. The lowest BCUT2D eigenvalue weighted by Gasteiger charge is -2.11. The topological polar surface area (TPSA) is 84.1 Å². The van der Waals surface area contributed by atoms with Crippen molar-refractivity contribution >= 4 is 16.8 Å². The fourth-order valence-electron chi connectivity index (χ4n) is 3.05. The third-order valence-corrected chi connectivity index (χ3v) is 4.52. The highest BCUT2D eigenvalue weighted by Gasteiger charge is 2.11. The molecule has 4 aromatic rings. The summed E-state index contributed by atoms with van der Waals surface area (Å²) < 4.78 is 19.0. The van der Waals surface area contributed by atoms with E-state index >= 15 is 0 Å². The molecule has 0 radical (unpaired) electrons. The minimum Gasteiger partial charge on any atom is -0.439 e. The van der Waals surface area contributed by atoms with E-state index in [-0.39, 0.29) is 30.3 Å². The highest BCUT2D eigenvalue weighted by Crippen LogP contribution is 2.23. The van der Waals surface area contributed by atoms with Crippen LogP contribution in [0.25, 0.3) is 10.9 Å². The van der Waals surface area contributed by atoms with Gasteiger partial charge in [0.05, 0.1) is 6.42 Å². The van der Waals surface area contributed by atoms with E-state index in [1.807, 2.05) is 24.3 Å². The average molecular weight is 403 g/mol. The first kappa shape index (κ1) is 19.3. The van der Waals surface area contributed by atoms with Gasteiger partial charge in [0.2, 0.25) is 11.8 Å². The third kappa shape index (κ3) is 4.52. The number of nitrogens with one attached hydrogen (secondary N) is 2. The number of hydrogen-bond acceptors (Lipinski definition) is 4. The molecule has 2 heterocycles. The first-order chi connectivity index (χ1) is 14.6. The average Bonchev–Trinajstić information content (AvgIpc) is 2.74. The number of para-hydroxylation sites is 1. The largest absolute Gasteiger partial charge is 0.439 e. The van der Waals surface area contributed by atoms with Crippen LogP contribution in [0.5, 0.6) is 11.6 Å². The van der Waals surface area contributed by atoms with Crippen LogP contribution < -0.4 is 15.6 Å². The second kappa shape index (κ2) is 8.57. The van der Waals surface area contributed by atoms with E-state index in [9.17, 15) is 14.0 Å². The molecule has 0 aliphatic heterocycles. The van der Waals surface area contributed by atoms with Gasteiger partial charge in [0.15, 0.2) is 0 Å². The number of benzene rings is 2. The van der Waals surface area contributed by atoms with E-state index in [1.165, 1.54) is 18.2 Å². The van der Waals surface area contributed by atoms with Gasteiger partial charge in [-0.1, -0.05) is 30.3 Å². The van der Waals surface area contributed by atoms with Crippen LogP contribution in [0.2, 0.25) is 0 Å². The lowest BCUT2D eigenvalue weighted by molar-refractivity contribution is -0.120. The zero-order chi connectivity index (χ0) is 20.9. The van der Waals surface area contributed by atoms with Crippen molar-refractivity contribution in [2.24, 2.45) is 0 Å². The monoisotopic (exact) mass is 403 g/mol. The molecular weight excluding hydrogens is 385 g/mol. The highest BCUT2D eigenvalue weighted by atomic mass is 19.1. The molecule has 150 valence electrons. The van der Waals surface area contributed by atoms with E-state index in [4.69, 9.17) is 4.74 Å². The zero-order valence-electron chi connectivity index (χ0n) is 15.9. The normalized spacial score (nSPS) is 10.7. The van der Waals surface area contributed by atoms with Gasteiger partial charge in [-0.25, -0.2) is 9.37 Å². The fourth-order valence-corrected chi connectivity index (χ4v) is 3.05. The van der Waals surface area contributed by atoms with E-state index in [0.717, 1.165) is 10.9 Å². The maximum Gasteiger partial charge on any atom is 0.252 e. The maximum absolute atomic E-state index is 13.4. The second-order valence-electron chi connectivity index (χ2n) is 6.69. The van der Waals surface area contributed by atoms with Crippen LogP contribution in [0.1, 0.15) is 11.1 Å². The van der Waals surface area contributed by atoms with Crippen molar-refractivity contribution in [3.63, 3.8) is 0 Å².